The van der Waals surface area contributed by atoms with Gasteiger partial charge in [0.25, 0.3) is 5.56 Å². The van der Waals surface area contributed by atoms with Crippen molar-refractivity contribution < 1.29 is 0 Å². The highest BCUT2D eigenvalue weighted by Gasteiger charge is 2.11. The molecule has 4 nitrogen and oxygen atoms in total. The molecule has 0 aliphatic heterocycles. The fraction of sp³-hybridized carbons (Fsp3) is 0.250. The van der Waals surface area contributed by atoms with Gasteiger partial charge in [0.05, 0.1) is 5.02 Å². The molecule has 0 aliphatic carbocycles. The first-order valence-electron chi connectivity index (χ1n) is 4.08. The number of aromatic amines is 1. The van der Waals surface area contributed by atoms with Crippen LogP contribution in [0.1, 0.15) is 6.92 Å². The lowest BCUT2D eigenvalue weighted by atomic mass is 10.3. The fourth-order valence-electron chi connectivity index (χ4n) is 1.31. The number of H-pyrrole nitrogens is 1. The number of rotatable bonds is 1. The fourth-order valence-corrected chi connectivity index (χ4v) is 1.83. The van der Waals surface area contributed by atoms with Crippen molar-refractivity contribution in [3.8, 4) is 0 Å². The van der Waals surface area contributed by atoms with Crippen molar-refractivity contribution in [2.24, 2.45) is 0 Å². The molecule has 2 rings (SSSR count). The second kappa shape index (κ2) is 3.29. The van der Waals surface area contributed by atoms with Crippen molar-refractivity contribution in [3.63, 3.8) is 0 Å². The number of hydrogen-bond donors (Lipinski definition) is 1. The molecule has 0 atom stereocenters. The molecule has 14 heavy (non-hydrogen) atoms. The lowest BCUT2D eigenvalue weighted by molar-refractivity contribution is 0.644. The summed E-state index contributed by atoms with van der Waals surface area (Å²) in [6, 6.07) is 1.46. The SMILES string of the molecule is CCn1[nH]c2nc(Cl)cc(Cl)c2c1=O. The van der Waals surface area contributed by atoms with Gasteiger partial charge in [-0.05, 0) is 13.0 Å². The molecule has 0 amide bonds. The Hall–Kier alpha value is -1.00. The molecule has 2 aromatic heterocycles. The summed E-state index contributed by atoms with van der Waals surface area (Å²) in [5.41, 5.74) is 0.256. The number of hydrogen-bond acceptors (Lipinski definition) is 2. The smallest absolute Gasteiger partial charge is 0.277 e. The predicted octanol–water partition coefficient (Wildman–Crippen LogP) is 2.05. The van der Waals surface area contributed by atoms with Crippen LogP contribution in [0.3, 0.4) is 0 Å². The first-order chi connectivity index (χ1) is 6.63. The Bertz CT molecular complexity index is 543. The minimum absolute atomic E-state index is 0.170. The molecule has 2 aromatic rings. The van der Waals surface area contributed by atoms with Gasteiger partial charge in [-0.25, -0.2) is 4.98 Å². The zero-order valence-electron chi connectivity index (χ0n) is 7.34. The number of aromatic nitrogens is 3. The third kappa shape index (κ3) is 1.31. The van der Waals surface area contributed by atoms with E-state index in [9.17, 15) is 4.79 Å². The second-order valence-electron chi connectivity index (χ2n) is 2.81. The van der Waals surface area contributed by atoms with Crippen molar-refractivity contribution in [2.75, 3.05) is 0 Å². The molecule has 0 radical (unpaired) electrons. The van der Waals surface area contributed by atoms with E-state index >= 15 is 0 Å². The Kier molecular flexibility index (Phi) is 2.25. The average Bonchev–Trinajstić information content (AvgIpc) is 2.42. The largest absolute Gasteiger partial charge is 0.278 e. The third-order valence-electron chi connectivity index (χ3n) is 1.96. The van der Waals surface area contributed by atoms with Crippen molar-refractivity contribution >= 4 is 34.2 Å². The van der Waals surface area contributed by atoms with Crippen molar-refractivity contribution in [1.29, 1.82) is 0 Å². The monoisotopic (exact) mass is 231 g/mol. The molecule has 6 heteroatoms. The lowest BCUT2D eigenvalue weighted by Crippen LogP contribution is -2.14. The first-order valence-corrected chi connectivity index (χ1v) is 4.83. The number of pyridine rings is 1. The third-order valence-corrected chi connectivity index (χ3v) is 2.45. The van der Waals surface area contributed by atoms with Crippen LogP contribution in [0.15, 0.2) is 10.9 Å². The number of nitrogens with one attached hydrogen (secondary N) is 1. The van der Waals surface area contributed by atoms with Crippen LogP contribution in [0.2, 0.25) is 10.2 Å². The van der Waals surface area contributed by atoms with Crippen LogP contribution < -0.4 is 5.56 Å². The van der Waals surface area contributed by atoms with Gasteiger partial charge in [0.1, 0.15) is 10.5 Å². The Morgan fingerprint density at radius 3 is 2.93 bits per heavy atom. The van der Waals surface area contributed by atoms with Gasteiger partial charge in [-0.15, -0.1) is 0 Å². The van der Waals surface area contributed by atoms with E-state index in [0.717, 1.165) is 0 Å². The maximum Gasteiger partial charge on any atom is 0.277 e. The van der Waals surface area contributed by atoms with Crippen molar-refractivity contribution in [3.05, 3.63) is 26.6 Å². The van der Waals surface area contributed by atoms with E-state index in [0.29, 0.717) is 22.6 Å². The zero-order valence-corrected chi connectivity index (χ0v) is 8.85. The highest BCUT2D eigenvalue weighted by Crippen LogP contribution is 2.21. The summed E-state index contributed by atoms with van der Waals surface area (Å²) in [6.45, 7) is 2.40. The van der Waals surface area contributed by atoms with Crippen LogP contribution >= 0.6 is 23.2 Å². The highest BCUT2D eigenvalue weighted by atomic mass is 35.5. The maximum absolute atomic E-state index is 11.7. The number of nitrogens with zero attached hydrogens (tertiary/aromatic N) is 2. The number of halogens is 2. The Labute approximate surface area is 89.4 Å². The summed E-state index contributed by atoms with van der Waals surface area (Å²) in [5, 5.41) is 3.80. The summed E-state index contributed by atoms with van der Waals surface area (Å²) in [7, 11) is 0. The minimum atomic E-state index is -0.170. The standard InChI is InChI=1S/C8H7Cl2N3O/c1-2-13-8(14)6-4(9)3-5(10)11-7(6)12-13/h3H,2H2,1H3,(H,11,12). The molecule has 0 bridgehead atoms. The molecule has 1 N–H and O–H groups in total. The van der Waals surface area contributed by atoms with Gasteiger partial charge in [-0.2, -0.15) is 0 Å². The van der Waals surface area contributed by atoms with Crippen LogP contribution in [0.25, 0.3) is 11.0 Å². The van der Waals surface area contributed by atoms with Gasteiger partial charge in [-0.3, -0.25) is 14.6 Å². The molecular weight excluding hydrogens is 225 g/mol. The molecule has 74 valence electrons. The topological polar surface area (TPSA) is 50.7 Å². The van der Waals surface area contributed by atoms with Gasteiger partial charge in [0.2, 0.25) is 0 Å². The van der Waals surface area contributed by atoms with Crippen LogP contribution in [0.4, 0.5) is 0 Å². The first kappa shape index (κ1) is 9.55. The van der Waals surface area contributed by atoms with E-state index in [-0.39, 0.29) is 10.7 Å². The minimum Gasteiger partial charge on any atom is -0.278 e. The summed E-state index contributed by atoms with van der Waals surface area (Å²) >= 11 is 11.6. The molecule has 0 aliphatic rings. The van der Waals surface area contributed by atoms with Crippen LogP contribution in [-0.2, 0) is 6.54 Å². The Morgan fingerprint density at radius 1 is 1.57 bits per heavy atom. The Morgan fingerprint density at radius 2 is 2.29 bits per heavy atom. The van der Waals surface area contributed by atoms with Crippen molar-refractivity contribution in [2.45, 2.75) is 13.5 Å². The summed E-state index contributed by atoms with van der Waals surface area (Å²) in [5.74, 6) is 0. The quantitative estimate of drug-likeness (QED) is 0.765. The van der Waals surface area contributed by atoms with E-state index in [4.69, 9.17) is 23.2 Å². The predicted molar refractivity (Wildman–Crippen MR) is 56.0 cm³/mol. The molecule has 0 aromatic carbocycles. The summed E-state index contributed by atoms with van der Waals surface area (Å²) < 4.78 is 1.43. The Balaban J connectivity index is 2.92. The highest BCUT2D eigenvalue weighted by molar-refractivity contribution is 6.37. The molecule has 0 saturated carbocycles. The van der Waals surface area contributed by atoms with Crippen molar-refractivity contribution in [1.82, 2.24) is 14.8 Å². The van der Waals surface area contributed by atoms with Gasteiger partial charge in [0, 0.05) is 6.54 Å². The molecule has 0 fully saturated rings. The van der Waals surface area contributed by atoms with Gasteiger partial charge in [-0.1, -0.05) is 23.2 Å². The average molecular weight is 232 g/mol. The molecular formula is C8H7Cl2N3O. The van der Waals surface area contributed by atoms with Crippen LogP contribution in [-0.4, -0.2) is 14.8 Å². The summed E-state index contributed by atoms with van der Waals surface area (Å²) in [4.78, 5) is 15.6. The van der Waals surface area contributed by atoms with Crippen LogP contribution in [0, 0.1) is 0 Å². The normalized spacial score (nSPS) is 11.1. The van der Waals surface area contributed by atoms with E-state index in [1.807, 2.05) is 6.92 Å². The number of fused-ring (bicyclic) bond motifs is 1. The maximum atomic E-state index is 11.7. The number of aryl methyl sites for hydroxylation is 1. The molecule has 0 unspecified atom stereocenters. The van der Waals surface area contributed by atoms with Crippen LogP contribution in [0.5, 0.6) is 0 Å². The zero-order chi connectivity index (χ0) is 10.3. The summed E-state index contributed by atoms with van der Waals surface area (Å²) in [6.07, 6.45) is 0. The van der Waals surface area contributed by atoms with Gasteiger partial charge < -0.3 is 0 Å². The molecule has 0 saturated heterocycles. The second-order valence-corrected chi connectivity index (χ2v) is 3.61. The molecule has 0 spiro atoms. The van der Waals surface area contributed by atoms with E-state index in [1.165, 1.54) is 10.7 Å². The van der Waals surface area contributed by atoms with Gasteiger partial charge >= 0.3 is 0 Å². The van der Waals surface area contributed by atoms with E-state index in [2.05, 4.69) is 10.1 Å². The van der Waals surface area contributed by atoms with Gasteiger partial charge in [0.15, 0.2) is 5.65 Å². The lowest BCUT2D eigenvalue weighted by Gasteiger charge is -1.91. The van der Waals surface area contributed by atoms with E-state index in [1.54, 1.807) is 0 Å². The van der Waals surface area contributed by atoms with E-state index < -0.39 is 0 Å². The molecule has 2 heterocycles.